The van der Waals surface area contributed by atoms with Crippen molar-refractivity contribution < 1.29 is 9.53 Å². The molecule has 1 aliphatic heterocycles. The van der Waals surface area contributed by atoms with Crippen molar-refractivity contribution in [2.45, 2.75) is 38.2 Å². The molecule has 0 saturated carbocycles. The Hall–Kier alpha value is -2.11. The number of piperidine rings is 1. The van der Waals surface area contributed by atoms with Gasteiger partial charge in [-0.25, -0.2) is 9.97 Å². The monoisotopic (exact) mass is 330 g/mol. The van der Waals surface area contributed by atoms with E-state index in [0.29, 0.717) is 12.4 Å². The van der Waals surface area contributed by atoms with Crippen molar-refractivity contribution in [3.05, 3.63) is 24.5 Å². The lowest BCUT2D eigenvalue weighted by molar-refractivity contribution is -0.138. The van der Waals surface area contributed by atoms with E-state index in [-0.39, 0.29) is 17.9 Å². The molecule has 1 fully saturated rings. The average molecular weight is 330 g/mol. The Morgan fingerprint density at radius 3 is 2.83 bits per heavy atom. The predicted octanol–water partition coefficient (Wildman–Crippen LogP) is 2.27. The highest BCUT2D eigenvalue weighted by Gasteiger charge is 2.30. The second-order valence-electron chi connectivity index (χ2n) is 6.73. The summed E-state index contributed by atoms with van der Waals surface area (Å²) in [6.07, 6.45) is 12.3. The second-order valence-corrected chi connectivity index (χ2v) is 6.73. The van der Waals surface area contributed by atoms with Crippen LogP contribution in [0, 0.1) is 5.92 Å². The predicted molar refractivity (Wildman–Crippen MR) is 93.1 cm³/mol. The van der Waals surface area contributed by atoms with Gasteiger partial charge in [-0.2, -0.15) is 0 Å². The summed E-state index contributed by atoms with van der Waals surface area (Å²) in [5.41, 5.74) is 0. The molecule has 3 rings (SSSR count). The summed E-state index contributed by atoms with van der Waals surface area (Å²) in [5, 5.41) is 0. The number of aromatic nitrogens is 2. The Bertz CT molecular complexity index is 602. The molecule has 1 aromatic rings. The molecule has 2 atom stereocenters. The molecule has 0 N–H and O–H groups in total. The first kappa shape index (κ1) is 16.7. The maximum atomic E-state index is 12.7. The summed E-state index contributed by atoms with van der Waals surface area (Å²) in [6.45, 7) is 1.47. The van der Waals surface area contributed by atoms with Crippen LogP contribution in [-0.2, 0) is 4.79 Å². The van der Waals surface area contributed by atoms with Gasteiger partial charge in [0.25, 0.3) is 5.88 Å². The van der Waals surface area contributed by atoms with Crippen LogP contribution in [-0.4, -0.2) is 54.1 Å². The fraction of sp³-hybridized carbons (Fsp3) is 0.611. The summed E-state index contributed by atoms with van der Waals surface area (Å²) >= 11 is 0. The average Bonchev–Trinajstić information content (AvgIpc) is 2.62. The Labute approximate surface area is 143 Å². The van der Waals surface area contributed by atoms with E-state index in [0.717, 1.165) is 44.5 Å². The number of hydrogen-bond acceptors (Lipinski definition) is 5. The largest absolute Gasteiger partial charge is 0.470 e. The van der Waals surface area contributed by atoms with Crippen molar-refractivity contribution in [3.63, 3.8) is 0 Å². The van der Waals surface area contributed by atoms with Gasteiger partial charge < -0.3 is 14.5 Å². The molecule has 1 aromatic heterocycles. The highest BCUT2D eigenvalue weighted by molar-refractivity contribution is 5.79. The van der Waals surface area contributed by atoms with Gasteiger partial charge in [-0.1, -0.05) is 12.2 Å². The summed E-state index contributed by atoms with van der Waals surface area (Å²) in [5.74, 6) is 1.68. The molecule has 6 heteroatoms. The van der Waals surface area contributed by atoms with Gasteiger partial charge in [0, 0.05) is 39.0 Å². The van der Waals surface area contributed by atoms with Crippen molar-refractivity contribution in [2.24, 2.45) is 5.92 Å². The molecular formula is C18H26N4O2. The van der Waals surface area contributed by atoms with Crippen molar-refractivity contribution >= 4 is 11.7 Å². The van der Waals surface area contributed by atoms with Gasteiger partial charge in [0.05, 0.1) is 6.54 Å². The van der Waals surface area contributed by atoms with Crippen LogP contribution in [0.2, 0.25) is 0 Å². The second kappa shape index (κ2) is 7.64. The maximum Gasteiger partial charge on any atom is 0.257 e. The first-order chi connectivity index (χ1) is 11.6. The van der Waals surface area contributed by atoms with E-state index >= 15 is 0 Å². The molecule has 1 saturated heterocycles. The molecule has 0 unspecified atom stereocenters. The third-order valence-corrected chi connectivity index (χ3v) is 4.66. The van der Waals surface area contributed by atoms with Crippen LogP contribution in [0.1, 0.15) is 32.1 Å². The van der Waals surface area contributed by atoms with Crippen LogP contribution in [0.25, 0.3) is 0 Å². The zero-order valence-electron chi connectivity index (χ0n) is 14.5. The third kappa shape index (κ3) is 3.86. The molecular weight excluding hydrogens is 304 g/mol. The zero-order chi connectivity index (χ0) is 16.9. The number of anilines is 1. The van der Waals surface area contributed by atoms with Gasteiger partial charge in [0.15, 0.2) is 5.82 Å². The molecule has 0 spiro atoms. The summed E-state index contributed by atoms with van der Waals surface area (Å²) < 4.78 is 6.09. The van der Waals surface area contributed by atoms with Crippen molar-refractivity contribution in [2.75, 3.05) is 32.1 Å². The van der Waals surface area contributed by atoms with Gasteiger partial charge in [0.2, 0.25) is 5.91 Å². The lowest BCUT2D eigenvalue weighted by Crippen LogP contribution is -2.47. The van der Waals surface area contributed by atoms with Gasteiger partial charge in [-0.15, -0.1) is 0 Å². The first-order valence-corrected chi connectivity index (χ1v) is 8.74. The molecule has 24 heavy (non-hydrogen) atoms. The number of carbonyl (C=O) groups excluding carboxylic acids is 1. The third-order valence-electron chi connectivity index (χ3n) is 4.66. The maximum absolute atomic E-state index is 12.7. The van der Waals surface area contributed by atoms with Gasteiger partial charge in [-0.3, -0.25) is 4.79 Å². The minimum Gasteiger partial charge on any atom is -0.470 e. The summed E-state index contributed by atoms with van der Waals surface area (Å²) in [4.78, 5) is 25.2. The van der Waals surface area contributed by atoms with E-state index in [4.69, 9.17) is 4.74 Å². The van der Waals surface area contributed by atoms with E-state index in [1.165, 1.54) is 0 Å². The lowest BCUT2D eigenvalue weighted by atomic mass is 9.92. The molecule has 0 aromatic carbocycles. The van der Waals surface area contributed by atoms with E-state index in [1.54, 1.807) is 12.4 Å². The SMILES string of the molecule is CN(C)c1nccnc1O[C@H]1CCCN(C(=O)[C@H]2CC=CCC2)C1. The number of rotatable bonds is 4. The molecule has 1 aliphatic carbocycles. The summed E-state index contributed by atoms with van der Waals surface area (Å²) in [6, 6.07) is 0. The van der Waals surface area contributed by atoms with Gasteiger partial charge in [0.1, 0.15) is 6.10 Å². The van der Waals surface area contributed by atoms with Gasteiger partial charge in [-0.05, 0) is 32.1 Å². The first-order valence-electron chi connectivity index (χ1n) is 8.74. The molecule has 6 nitrogen and oxygen atoms in total. The highest BCUT2D eigenvalue weighted by Crippen LogP contribution is 2.26. The minimum absolute atomic E-state index is 0.0165. The van der Waals surface area contributed by atoms with E-state index in [9.17, 15) is 4.79 Å². The smallest absolute Gasteiger partial charge is 0.257 e. The molecule has 0 bridgehead atoms. The van der Waals surface area contributed by atoms with Crippen LogP contribution >= 0.6 is 0 Å². The van der Waals surface area contributed by atoms with Crippen molar-refractivity contribution in [1.82, 2.24) is 14.9 Å². The number of amides is 1. The normalized spacial score (nSPS) is 23.8. The topological polar surface area (TPSA) is 58.6 Å². The Morgan fingerprint density at radius 1 is 1.25 bits per heavy atom. The van der Waals surface area contributed by atoms with Crippen molar-refractivity contribution in [1.29, 1.82) is 0 Å². The van der Waals surface area contributed by atoms with Crippen LogP contribution in [0.4, 0.5) is 5.82 Å². The number of carbonyl (C=O) groups is 1. The molecule has 130 valence electrons. The molecule has 1 amide bonds. The number of nitrogens with zero attached hydrogens (tertiary/aromatic N) is 4. The van der Waals surface area contributed by atoms with Crippen LogP contribution < -0.4 is 9.64 Å². The molecule has 2 aliphatic rings. The Kier molecular flexibility index (Phi) is 5.33. The number of allylic oxidation sites excluding steroid dienone is 2. The molecule has 2 heterocycles. The van der Waals surface area contributed by atoms with Crippen molar-refractivity contribution in [3.8, 4) is 5.88 Å². The summed E-state index contributed by atoms with van der Waals surface area (Å²) in [7, 11) is 3.84. The van der Waals surface area contributed by atoms with E-state index in [1.807, 2.05) is 23.9 Å². The fourth-order valence-corrected chi connectivity index (χ4v) is 3.38. The zero-order valence-corrected chi connectivity index (χ0v) is 14.5. The Morgan fingerprint density at radius 2 is 2.08 bits per heavy atom. The fourth-order valence-electron chi connectivity index (χ4n) is 3.38. The number of ether oxygens (including phenoxy) is 1. The van der Waals surface area contributed by atoms with E-state index < -0.39 is 0 Å². The van der Waals surface area contributed by atoms with Crippen LogP contribution in [0.15, 0.2) is 24.5 Å². The highest BCUT2D eigenvalue weighted by atomic mass is 16.5. The van der Waals surface area contributed by atoms with Crippen LogP contribution in [0.3, 0.4) is 0 Å². The quantitative estimate of drug-likeness (QED) is 0.793. The molecule has 0 radical (unpaired) electrons. The number of hydrogen-bond donors (Lipinski definition) is 0. The minimum atomic E-state index is -0.0165. The standard InChI is InChI=1S/C18H26N4O2/c1-21(2)16-17(20-11-10-19-16)24-15-9-6-12-22(13-15)18(23)14-7-4-3-5-8-14/h3-4,10-11,14-15H,5-9,12-13H2,1-2H3/t14-,15-/m0/s1. The lowest BCUT2D eigenvalue weighted by Gasteiger charge is -2.35. The Balaban J connectivity index is 1.63. The number of likely N-dealkylation sites (tertiary alicyclic amines) is 1. The van der Waals surface area contributed by atoms with Crippen LogP contribution in [0.5, 0.6) is 5.88 Å². The van der Waals surface area contributed by atoms with Gasteiger partial charge >= 0.3 is 0 Å². The van der Waals surface area contributed by atoms with E-state index in [2.05, 4.69) is 22.1 Å².